The standard InChI is InChI=1S/C28H23BrN2O6/c1-3-36-27(34)19-7-10-22(11-8-19)31-26(33)23(25(32)30-28(31)35)15-20-14-21(29)9-12-24(20)37-16-18-6-4-5-17(2)13-18/h4-15H,3,16H2,1-2H3,(H,30,32,35)/b23-15+. The Morgan fingerprint density at radius 1 is 1.03 bits per heavy atom. The molecule has 0 aromatic heterocycles. The number of hydrogen-bond donors (Lipinski definition) is 1. The number of carbonyl (C=O) groups is 4. The molecule has 4 rings (SSSR count). The van der Waals surface area contributed by atoms with Crippen molar-refractivity contribution in [1.82, 2.24) is 5.32 Å². The number of barbiturate groups is 1. The zero-order chi connectivity index (χ0) is 26.5. The number of anilines is 1. The molecule has 1 aliphatic rings. The Hall–Kier alpha value is -4.24. The van der Waals surface area contributed by atoms with E-state index in [1.54, 1.807) is 25.1 Å². The van der Waals surface area contributed by atoms with Gasteiger partial charge in [0.2, 0.25) is 0 Å². The van der Waals surface area contributed by atoms with E-state index in [0.29, 0.717) is 15.8 Å². The second kappa shape index (κ2) is 11.2. The maximum absolute atomic E-state index is 13.3. The largest absolute Gasteiger partial charge is 0.488 e. The van der Waals surface area contributed by atoms with Gasteiger partial charge in [0.1, 0.15) is 17.9 Å². The van der Waals surface area contributed by atoms with Crippen LogP contribution in [-0.2, 0) is 20.9 Å². The lowest BCUT2D eigenvalue weighted by Crippen LogP contribution is -2.54. The van der Waals surface area contributed by atoms with Crippen molar-refractivity contribution >= 4 is 51.5 Å². The van der Waals surface area contributed by atoms with Gasteiger partial charge in [0.25, 0.3) is 11.8 Å². The average Bonchev–Trinajstić information content (AvgIpc) is 2.86. The van der Waals surface area contributed by atoms with Crippen LogP contribution in [0.15, 0.2) is 76.8 Å². The Labute approximate surface area is 222 Å². The summed E-state index contributed by atoms with van der Waals surface area (Å²) < 4.78 is 11.7. The van der Waals surface area contributed by atoms with Crippen molar-refractivity contribution < 1.29 is 28.7 Å². The summed E-state index contributed by atoms with van der Waals surface area (Å²) >= 11 is 3.41. The van der Waals surface area contributed by atoms with Crippen LogP contribution in [-0.4, -0.2) is 30.4 Å². The molecule has 1 saturated heterocycles. The summed E-state index contributed by atoms with van der Waals surface area (Å²) in [5.41, 5.74) is 2.77. The molecule has 0 aliphatic carbocycles. The van der Waals surface area contributed by atoms with E-state index in [9.17, 15) is 19.2 Å². The fraction of sp³-hybridized carbons (Fsp3) is 0.143. The van der Waals surface area contributed by atoms with E-state index in [0.717, 1.165) is 16.0 Å². The minimum Gasteiger partial charge on any atom is -0.488 e. The van der Waals surface area contributed by atoms with Crippen molar-refractivity contribution in [3.05, 3.63) is 99.0 Å². The summed E-state index contributed by atoms with van der Waals surface area (Å²) in [6.07, 6.45) is 1.39. The van der Waals surface area contributed by atoms with Crippen molar-refractivity contribution in [2.45, 2.75) is 20.5 Å². The van der Waals surface area contributed by atoms with Crippen molar-refractivity contribution in [2.24, 2.45) is 0 Å². The fourth-order valence-corrected chi connectivity index (χ4v) is 4.11. The lowest BCUT2D eigenvalue weighted by atomic mass is 10.1. The molecule has 8 nitrogen and oxygen atoms in total. The predicted molar refractivity (Wildman–Crippen MR) is 141 cm³/mol. The molecule has 0 unspecified atom stereocenters. The molecule has 0 atom stereocenters. The van der Waals surface area contributed by atoms with Gasteiger partial charge >= 0.3 is 12.0 Å². The van der Waals surface area contributed by atoms with Gasteiger partial charge in [0.05, 0.1) is 17.9 Å². The molecule has 4 amide bonds. The van der Waals surface area contributed by atoms with Crippen LogP contribution in [0.25, 0.3) is 6.08 Å². The van der Waals surface area contributed by atoms with E-state index >= 15 is 0 Å². The van der Waals surface area contributed by atoms with E-state index in [4.69, 9.17) is 9.47 Å². The molecule has 1 heterocycles. The highest BCUT2D eigenvalue weighted by atomic mass is 79.9. The number of ether oxygens (including phenoxy) is 2. The van der Waals surface area contributed by atoms with Gasteiger partial charge in [-0.15, -0.1) is 0 Å². The van der Waals surface area contributed by atoms with E-state index in [-0.39, 0.29) is 30.0 Å². The molecule has 0 radical (unpaired) electrons. The first-order chi connectivity index (χ1) is 17.8. The molecule has 188 valence electrons. The molecular formula is C28H23BrN2O6. The summed E-state index contributed by atoms with van der Waals surface area (Å²) in [7, 11) is 0. The number of nitrogens with one attached hydrogen (secondary N) is 1. The van der Waals surface area contributed by atoms with E-state index < -0.39 is 23.8 Å². The summed E-state index contributed by atoms with van der Waals surface area (Å²) in [5, 5.41) is 2.20. The van der Waals surface area contributed by atoms with Gasteiger partial charge in [-0.1, -0.05) is 45.8 Å². The number of halogens is 1. The quantitative estimate of drug-likeness (QED) is 0.242. The number of rotatable bonds is 7. The number of amides is 4. The molecule has 9 heteroatoms. The average molecular weight is 563 g/mol. The van der Waals surface area contributed by atoms with Gasteiger partial charge < -0.3 is 9.47 Å². The first-order valence-electron chi connectivity index (χ1n) is 11.4. The van der Waals surface area contributed by atoms with Gasteiger partial charge in [0.15, 0.2) is 0 Å². The van der Waals surface area contributed by atoms with E-state index in [2.05, 4.69) is 21.2 Å². The maximum atomic E-state index is 13.3. The van der Waals surface area contributed by atoms with Crippen molar-refractivity contribution in [3.8, 4) is 5.75 Å². The molecule has 0 spiro atoms. The second-order valence-corrected chi connectivity index (χ2v) is 9.10. The molecule has 1 fully saturated rings. The number of benzene rings is 3. The van der Waals surface area contributed by atoms with Crippen LogP contribution in [0.5, 0.6) is 5.75 Å². The Bertz CT molecular complexity index is 1410. The highest BCUT2D eigenvalue weighted by molar-refractivity contribution is 9.10. The van der Waals surface area contributed by atoms with Crippen LogP contribution < -0.4 is 15.0 Å². The number of hydrogen-bond acceptors (Lipinski definition) is 6. The van der Waals surface area contributed by atoms with Crippen LogP contribution in [0.3, 0.4) is 0 Å². The van der Waals surface area contributed by atoms with Gasteiger partial charge in [-0.3, -0.25) is 14.9 Å². The molecule has 3 aromatic carbocycles. The Morgan fingerprint density at radius 3 is 2.49 bits per heavy atom. The third-order valence-corrected chi connectivity index (χ3v) is 5.98. The van der Waals surface area contributed by atoms with E-state index in [1.807, 2.05) is 31.2 Å². The molecule has 0 saturated carbocycles. The van der Waals surface area contributed by atoms with Gasteiger partial charge in [0, 0.05) is 10.0 Å². The summed E-state index contributed by atoms with van der Waals surface area (Å²) in [5.74, 6) is -1.69. The highest BCUT2D eigenvalue weighted by Gasteiger charge is 2.37. The summed E-state index contributed by atoms with van der Waals surface area (Å²) in [4.78, 5) is 51.3. The monoisotopic (exact) mass is 562 g/mol. The van der Waals surface area contributed by atoms with Crippen molar-refractivity contribution in [3.63, 3.8) is 0 Å². The molecular weight excluding hydrogens is 540 g/mol. The highest BCUT2D eigenvalue weighted by Crippen LogP contribution is 2.29. The number of imide groups is 2. The Balaban J connectivity index is 1.63. The molecule has 3 aromatic rings. The smallest absolute Gasteiger partial charge is 0.338 e. The number of aryl methyl sites for hydroxylation is 1. The number of nitrogens with zero attached hydrogens (tertiary/aromatic N) is 1. The van der Waals surface area contributed by atoms with Crippen LogP contribution in [0, 0.1) is 6.92 Å². The Kier molecular flexibility index (Phi) is 7.83. The van der Waals surface area contributed by atoms with Crippen LogP contribution >= 0.6 is 15.9 Å². The van der Waals surface area contributed by atoms with Crippen molar-refractivity contribution in [2.75, 3.05) is 11.5 Å². The zero-order valence-electron chi connectivity index (χ0n) is 20.1. The first-order valence-corrected chi connectivity index (χ1v) is 12.2. The van der Waals surface area contributed by atoms with Crippen molar-refractivity contribution in [1.29, 1.82) is 0 Å². The molecule has 37 heavy (non-hydrogen) atoms. The topological polar surface area (TPSA) is 102 Å². The van der Waals surface area contributed by atoms with Crippen LogP contribution in [0.4, 0.5) is 10.5 Å². The van der Waals surface area contributed by atoms with Gasteiger partial charge in [-0.25, -0.2) is 14.5 Å². The maximum Gasteiger partial charge on any atom is 0.338 e. The second-order valence-electron chi connectivity index (χ2n) is 8.19. The van der Waals surface area contributed by atoms with Crippen LogP contribution in [0.1, 0.15) is 34.0 Å². The first kappa shape index (κ1) is 25.8. The lowest BCUT2D eigenvalue weighted by molar-refractivity contribution is -0.122. The van der Waals surface area contributed by atoms with E-state index in [1.165, 1.54) is 30.3 Å². The summed E-state index contributed by atoms with van der Waals surface area (Å²) in [6, 6.07) is 18.0. The third-order valence-electron chi connectivity index (χ3n) is 5.49. The fourth-order valence-electron chi connectivity index (χ4n) is 3.74. The zero-order valence-corrected chi connectivity index (χ0v) is 21.7. The number of carbonyl (C=O) groups excluding carboxylic acids is 4. The third kappa shape index (κ3) is 5.95. The molecule has 0 bridgehead atoms. The molecule has 1 aliphatic heterocycles. The Morgan fingerprint density at radius 2 is 1.78 bits per heavy atom. The minimum atomic E-state index is -0.888. The number of esters is 1. The molecule has 1 N–H and O–H groups in total. The predicted octanol–water partition coefficient (Wildman–Crippen LogP) is 5.18. The number of urea groups is 1. The minimum absolute atomic E-state index is 0.194. The van der Waals surface area contributed by atoms with Gasteiger partial charge in [-0.05, 0) is 68.0 Å². The summed E-state index contributed by atoms with van der Waals surface area (Å²) in [6.45, 7) is 4.19. The normalized spacial score (nSPS) is 14.5. The van der Waals surface area contributed by atoms with Crippen LogP contribution in [0.2, 0.25) is 0 Å². The lowest BCUT2D eigenvalue weighted by Gasteiger charge is -2.26. The SMILES string of the molecule is CCOC(=O)c1ccc(N2C(=O)NC(=O)/C(=C\c3cc(Br)ccc3OCc3cccc(C)c3)C2=O)cc1. The van der Waals surface area contributed by atoms with Gasteiger partial charge in [-0.2, -0.15) is 0 Å².